The first-order valence-electron chi connectivity index (χ1n) is 3.99. The van der Waals surface area contributed by atoms with Gasteiger partial charge in [0, 0.05) is 25.7 Å². The molecule has 11 heavy (non-hydrogen) atoms. The largest absolute Gasteiger partial charge is 0.395 e. The topological polar surface area (TPSA) is 58.7 Å². The predicted molar refractivity (Wildman–Crippen MR) is 42.3 cm³/mol. The summed E-state index contributed by atoms with van der Waals surface area (Å²) in [5.74, 6) is 0. The molecule has 0 aromatic heterocycles. The molecule has 4 heteroatoms. The normalized spacial score (nSPS) is 23.5. The second-order valence-electron chi connectivity index (χ2n) is 2.86. The van der Waals surface area contributed by atoms with Crippen LogP contribution in [0.5, 0.6) is 0 Å². The number of nitrogens with two attached hydrogens (primary N) is 1. The average molecular weight is 160 g/mol. The molecule has 0 bridgehead atoms. The number of aliphatic hydroxyl groups is 1. The Morgan fingerprint density at radius 2 is 2.09 bits per heavy atom. The Morgan fingerprint density at radius 1 is 1.45 bits per heavy atom. The van der Waals surface area contributed by atoms with Crippen molar-refractivity contribution >= 4 is 0 Å². The highest BCUT2D eigenvalue weighted by molar-refractivity contribution is 4.69. The van der Waals surface area contributed by atoms with E-state index in [1.54, 1.807) is 0 Å². The van der Waals surface area contributed by atoms with Crippen molar-refractivity contribution in [1.29, 1.82) is 0 Å². The molecule has 1 saturated heterocycles. The van der Waals surface area contributed by atoms with Gasteiger partial charge in [-0.2, -0.15) is 0 Å². The Kier molecular flexibility index (Phi) is 3.79. The average Bonchev–Trinajstić information content (AvgIpc) is 2.06. The number of aliphatic hydroxyl groups excluding tert-OH is 1. The molecule has 4 nitrogen and oxygen atoms in total. The van der Waals surface area contributed by atoms with Gasteiger partial charge in [-0.15, -0.1) is 0 Å². The van der Waals surface area contributed by atoms with E-state index in [0.29, 0.717) is 0 Å². The lowest BCUT2D eigenvalue weighted by Crippen LogP contribution is -2.44. The van der Waals surface area contributed by atoms with E-state index in [9.17, 15) is 0 Å². The molecule has 0 aromatic rings. The molecule has 1 atom stereocenters. The summed E-state index contributed by atoms with van der Waals surface area (Å²) in [4.78, 5) is 2.21. The monoisotopic (exact) mass is 160 g/mol. The van der Waals surface area contributed by atoms with Gasteiger partial charge in [0.2, 0.25) is 0 Å². The summed E-state index contributed by atoms with van der Waals surface area (Å²) in [7, 11) is 0. The van der Waals surface area contributed by atoms with Gasteiger partial charge in [0.05, 0.1) is 19.8 Å². The smallest absolute Gasteiger partial charge is 0.0595 e. The third kappa shape index (κ3) is 3.16. The molecule has 0 radical (unpaired) electrons. The summed E-state index contributed by atoms with van der Waals surface area (Å²) in [6.07, 6.45) is 0. The highest BCUT2D eigenvalue weighted by Gasteiger charge is 2.12. The van der Waals surface area contributed by atoms with Crippen LogP contribution in [0.1, 0.15) is 0 Å². The van der Waals surface area contributed by atoms with E-state index in [1.807, 2.05) is 0 Å². The molecule has 66 valence electrons. The molecule has 1 aliphatic rings. The summed E-state index contributed by atoms with van der Waals surface area (Å²) in [6, 6.07) is -0.104. The van der Waals surface area contributed by atoms with Gasteiger partial charge >= 0.3 is 0 Å². The first kappa shape index (κ1) is 8.93. The third-order valence-corrected chi connectivity index (χ3v) is 1.83. The van der Waals surface area contributed by atoms with Crippen molar-refractivity contribution in [2.45, 2.75) is 6.04 Å². The maximum Gasteiger partial charge on any atom is 0.0595 e. The molecule has 0 amide bonds. The van der Waals surface area contributed by atoms with Gasteiger partial charge in [0.1, 0.15) is 0 Å². The van der Waals surface area contributed by atoms with Crippen LogP contribution < -0.4 is 5.73 Å². The minimum absolute atomic E-state index is 0.0668. The van der Waals surface area contributed by atoms with Crippen LogP contribution in [0, 0.1) is 0 Å². The zero-order valence-electron chi connectivity index (χ0n) is 6.70. The summed E-state index contributed by atoms with van der Waals surface area (Å²) >= 11 is 0. The third-order valence-electron chi connectivity index (χ3n) is 1.83. The van der Waals surface area contributed by atoms with E-state index in [1.165, 1.54) is 0 Å². The highest BCUT2D eigenvalue weighted by atomic mass is 16.5. The van der Waals surface area contributed by atoms with E-state index in [0.717, 1.165) is 32.8 Å². The van der Waals surface area contributed by atoms with Crippen molar-refractivity contribution in [3.63, 3.8) is 0 Å². The predicted octanol–water partition coefficient (Wildman–Crippen LogP) is -1.36. The van der Waals surface area contributed by atoms with Crippen LogP contribution in [0.15, 0.2) is 0 Å². The molecule has 0 unspecified atom stereocenters. The zero-order chi connectivity index (χ0) is 8.10. The van der Waals surface area contributed by atoms with Crippen molar-refractivity contribution in [3.8, 4) is 0 Å². The molecule has 3 N–H and O–H groups in total. The Hall–Kier alpha value is -0.160. The first-order valence-corrected chi connectivity index (χ1v) is 3.99. The Bertz CT molecular complexity index is 105. The molecule has 0 aliphatic carbocycles. The number of morpholine rings is 1. The number of hydrogen-bond acceptors (Lipinski definition) is 4. The fourth-order valence-corrected chi connectivity index (χ4v) is 1.17. The molecule has 1 rings (SSSR count). The Balaban J connectivity index is 2.13. The van der Waals surface area contributed by atoms with Crippen LogP contribution in [0.3, 0.4) is 0 Å². The number of hydrogen-bond donors (Lipinski definition) is 2. The van der Waals surface area contributed by atoms with Crippen LogP contribution in [0.4, 0.5) is 0 Å². The molecule has 0 spiro atoms. The van der Waals surface area contributed by atoms with Crippen LogP contribution in [0.25, 0.3) is 0 Å². The van der Waals surface area contributed by atoms with Crippen molar-refractivity contribution in [2.24, 2.45) is 5.73 Å². The molecular formula is C7H16N2O2. The zero-order valence-corrected chi connectivity index (χ0v) is 6.70. The van der Waals surface area contributed by atoms with Gasteiger partial charge in [-0.1, -0.05) is 0 Å². The number of rotatable bonds is 3. The minimum atomic E-state index is -0.104. The van der Waals surface area contributed by atoms with E-state index >= 15 is 0 Å². The minimum Gasteiger partial charge on any atom is -0.395 e. The van der Waals surface area contributed by atoms with Crippen LogP contribution in [-0.4, -0.2) is 55.5 Å². The SMILES string of the molecule is N[C@@H](CO)CN1CCOCC1. The Labute approximate surface area is 66.9 Å². The molecule has 0 saturated carbocycles. The molecule has 1 aliphatic heterocycles. The first-order chi connectivity index (χ1) is 5.33. The maximum atomic E-state index is 8.68. The Morgan fingerprint density at radius 3 is 2.64 bits per heavy atom. The van der Waals surface area contributed by atoms with Gasteiger partial charge in [0.15, 0.2) is 0 Å². The fraction of sp³-hybridized carbons (Fsp3) is 1.00. The molecule has 1 fully saturated rings. The van der Waals surface area contributed by atoms with E-state index in [-0.39, 0.29) is 12.6 Å². The van der Waals surface area contributed by atoms with Gasteiger partial charge in [0.25, 0.3) is 0 Å². The second kappa shape index (κ2) is 4.66. The van der Waals surface area contributed by atoms with Gasteiger partial charge in [-0.05, 0) is 0 Å². The lowest BCUT2D eigenvalue weighted by Gasteiger charge is -2.28. The van der Waals surface area contributed by atoms with Gasteiger partial charge in [-0.25, -0.2) is 0 Å². The highest BCUT2D eigenvalue weighted by Crippen LogP contribution is 1.96. The quantitative estimate of drug-likeness (QED) is 0.535. The summed E-state index contributed by atoms with van der Waals surface area (Å²) < 4.78 is 5.17. The lowest BCUT2D eigenvalue weighted by atomic mass is 10.3. The van der Waals surface area contributed by atoms with Crippen LogP contribution in [0.2, 0.25) is 0 Å². The summed E-state index contributed by atoms with van der Waals surface area (Å²) in [5, 5.41) is 8.68. The second-order valence-corrected chi connectivity index (χ2v) is 2.86. The van der Waals surface area contributed by atoms with Crippen LogP contribution in [-0.2, 0) is 4.74 Å². The van der Waals surface area contributed by atoms with Crippen molar-refractivity contribution in [1.82, 2.24) is 4.90 Å². The van der Waals surface area contributed by atoms with Crippen molar-refractivity contribution in [2.75, 3.05) is 39.5 Å². The van der Waals surface area contributed by atoms with Crippen LogP contribution >= 0.6 is 0 Å². The van der Waals surface area contributed by atoms with E-state index < -0.39 is 0 Å². The number of nitrogens with zero attached hydrogens (tertiary/aromatic N) is 1. The van der Waals surface area contributed by atoms with Gasteiger partial charge in [-0.3, -0.25) is 4.90 Å². The van der Waals surface area contributed by atoms with Crippen molar-refractivity contribution in [3.05, 3.63) is 0 Å². The van der Waals surface area contributed by atoms with E-state index in [2.05, 4.69) is 4.90 Å². The van der Waals surface area contributed by atoms with Crippen molar-refractivity contribution < 1.29 is 9.84 Å². The molecular weight excluding hydrogens is 144 g/mol. The molecule has 1 heterocycles. The maximum absolute atomic E-state index is 8.68. The standard InChI is InChI=1S/C7H16N2O2/c8-7(6-10)5-9-1-3-11-4-2-9/h7,10H,1-6,8H2/t7-/m1/s1. The summed E-state index contributed by atoms with van der Waals surface area (Å²) in [5.41, 5.74) is 5.57. The fourth-order valence-electron chi connectivity index (χ4n) is 1.17. The number of ether oxygens (including phenoxy) is 1. The molecule has 0 aromatic carbocycles. The van der Waals surface area contributed by atoms with Gasteiger partial charge < -0.3 is 15.6 Å². The lowest BCUT2D eigenvalue weighted by molar-refractivity contribution is 0.0324. The van der Waals surface area contributed by atoms with E-state index in [4.69, 9.17) is 15.6 Å². The summed E-state index contributed by atoms with van der Waals surface area (Å²) in [6.45, 7) is 4.30.